The van der Waals surface area contributed by atoms with Gasteiger partial charge in [0.2, 0.25) is 5.91 Å². The van der Waals surface area contributed by atoms with Crippen molar-refractivity contribution in [1.82, 2.24) is 10.1 Å². The van der Waals surface area contributed by atoms with E-state index >= 15 is 0 Å². The molecule has 1 aromatic heterocycles. The van der Waals surface area contributed by atoms with Crippen molar-refractivity contribution in [3.05, 3.63) is 47.7 Å². The molecule has 1 atom stereocenters. The molecule has 1 N–H and O–H groups in total. The molecule has 1 aromatic carbocycles. The second-order valence-electron chi connectivity index (χ2n) is 5.35. The van der Waals surface area contributed by atoms with Gasteiger partial charge in [-0.3, -0.25) is 9.59 Å². The fraction of sp³-hybridized carbons (Fsp3) is 0.312. The fourth-order valence-corrected chi connectivity index (χ4v) is 2.44. The molecule has 0 spiro atoms. The predicted molar refractivity (Wildman–Crippen MR) is 81.5 cm³/mol. The van der Waals surface area contributed by atoms with Crippen LogP contribution in [0.15, 0.2) is 40.9 Å². The Hall–Kier alpha value is -2.67. The molecule has 2 aromatic rings. The van der Waals surface area contributed by atoms with Crippen LogP contribution < -0.4 is 5.32 Å². The minimum absolute atomic E-state index is 0.0142. The molecule has 120 valence electrons. The van der Waals surface area contributed by atoms with E-state index in [4.69, 9.17) is 9.26 Å². The second-order valence-corrected chi connectivity index (χ2v) is 5.35. The highest BCUT2D eigenvalue weighted by Crippen LogP contribution is 2.16. The number of nitrogens with one attached hydrogen (secondary N) is 1. The van der Waals surface area contributed by atoms with Crippen LogP contribution in [-0.4, -0.2) is 41.1 Å². The number of anilines is 1. The smallest absolute Gasteiger partial charge is 0.250 e. The molecule has 0 saturated carbocycles. The molecular formula is C16H17N3O4. The largest absolute Gasteiger partial charge is 0.369 e. The standard InChI is InChI=1S/C16H17N3O4/c1-11-7-14(18-23-11)17-16(21)13-9-22-10-15(20)19(13)8-12-5-3-2-4-6-12/h2-7,13H,8-10H2,1H3,(H,17,18,21)/t13-/m1/s1. The molecule has 0 unspecified atom stereocenters. The Kier molecular flexibility index (Phi) is 4.38. The lowest BCUT2D eigenvalue weighted by atomic mass is 10.1. The summed E-state index contributed by atoms with van der Waals surface area (Å²) in [6, 6.07) is 10.4. The Morgan fingerprint density at radius 3 is 2.87 bits per heavy atom. The first kappa shape index (κ1) is 15.2. The summed E-state index contributed by atoms with van der Waals surface area (Å²) < 4.78 is 10.2. The molecule has 7 nitrogen and oxygen atoms in total. The number of aromatic nitrogens is 1. The van der Waals surface area contributed by atoms with Gasteiger partial charge in [-0.15, -0.1) is 0 Å². The number of carbonyl (C=O) groups excluding carboxylic acids is 2. The topological polar surface area (TPSA) is 84.7 Å². The van der Waals surface area contributed by atoms with E-state index in [0.717, 1.165) is 5.56 Å². The predicted octanol–water partition coefficient (Wildman–Crippen LogP) is 1.35. The molecule has 23 heavy (non-hydrogen) atoms. The van der Waals surface area contributed by atoms with Crippen molar-refractivity contribution < 1.29 is 18.8 Å². The van der Waals surface area contributed by atoms with Crippen molar-refractivity contribution in [2.24, 2.45) is 0 Å². The van der Waals surface area contributed by atoms with Crippen molar-refractivity contribution in [3.8, 4) is 0 Å². The van der Waals surface area contributed by atoms with Crippen LogP contribution in [0.1, 0.15) is 11.3 Å². The van der Waals surface area contributed by atoms with Gasteiger partial charge in [-0.25, -0.2) is 0 Å². The highest BCUT2D eigenvalue weighted by atomic mass is 16.5. The SMILES string of the molecule is Cc1cc(NC(=O)[C@H]2COCC(=O)N2Cc2ccccc2)no1. The van der Waals surface area contributed by atoms with Crippen LogP contribution in [0.3, 0.4) is 0 Å². The van der Waals surface area contributed by atoms with E-state index in [9.17, 15) is 9.59 Å². The number of morpholine rings is 1. The van der Waals surface area contributed by atoms with Crippen molar-refractivity contribution in [2.75, 3.05) is 18.5 Å². The Labute approximate surface area is 133 Å². The van der Waals surface area contributed by atoms with E-state index in [1.807, 2.05) is 30.3 Å². The number of hydrogen-bond acceptors (Lipinski definition) is 5. The molecule has 1 aliphatic rings. The van der Waals surface area contributed by atoms with Gasteiger partial charge >= 0.3 is 0 Å². The summed E-state index contributed by atoms with van der Waals surface area (Å²) in [4.78, 5) is 26.1. The Bertz CT molecular complexity index is 698. The maximum Gasteiger partial charge on any atom is 0.250 e. The Morgan fingerprint density at radius 2 is 2.17 bits per heavy atom. The first-order valence-electron chi connectivity index (χ1n) is 7.29. The molecule has 2 heterocycles. The van der Waals surface area contributed by atoms with E-state index < -0.39 is 6.04 Å². The molecule has 0 bridgehead atoms. The zero-order chi connectivity index (χ0) is 16.2. The van der Waals surface area contributed by atoms with Crippen LogP contribution in [-0.2, 0) is 20.9 Å². The molecular weight excluding hydrogens is 298 g/mol. The van der Waals surface area contributed by atoms with Crippen LogP contribution in [0.25, 0.3) is 0 Å². The number of amides is 2. The quantitative estimate of drug-likeness (QED) is 0.920. The van der Waals surface area contributed by atoms with Gasteiger partial charge in [0.1, 0.15) is 18.4 Å². The number of benzene rings is 1. The number of carbonyl (C=O) groups is 2. The molecule has 1 saturated heterocycles. The Morgan fingerprint density at radius 1 is 1.39 bits per heavy atom. The van der Waals surface area contributed by atoms with E-state index in [1.54, 1.807) is 13.0 Å². The first-order valence-corrected chi connectivity index (χ1v) is 7.29. The lowest BCUT2D eigenvalue weighted by Crippen LogP contribution is -2.54. The Balaban J connectivity index is 1.74. The molecule has 1 fully saturated rings. The van der Waals surface area contributed by atoms with E-state index in [2.05, 4.69) is 10.5 Å². The van der Waals surface area contributed by atoms with E-state index in [-0.39, 0.29) is 25.0 Å². The molecule has 1 aliphatic heterocycles. The van der Waals surface area contributed by atoms with E-state index in [0.29, 0.717) is 18.1 Å². The molecule has 0 radical (unpaired) electrons. The van der Waals surface area contributed by atoms with Crippen molar-refractivity contribution in [2.45, 2.75) is 19.5 Å². The number of nitrogens with zero attached hydrogens (tertiary/aromatic N) is 2. The second kappa shape index (κ2) is 6.62. The zero-order valence-corrected chi connectivity index (χ0v) is 12.7. The summed E-state index contributed by atoms with van der Waals surface area (Å²) in [5, 5.41) is 6.38. The maximum atomic E-state index is 12.5. The average molecular weight is 315 g/mol. The lowest BCUT2D eigenvalue weighted by molar-refractivity contribution is -0.154. The summed E-state index contributed by atoms with van der Waals surface area (Å²) in [6.45, 7) is 2.23. The summed E-state index contributed by atoms with van der Waals surface area (Å²) in [5.41, 5.74) is 0.956. The number of aryl methyl sites for hydroxylation is 1. The van der Waals surface area contributed by atoms with Crippen molar-refractivity contribution >= 4 is 17.6 Å². The third-order valence-corrected chi connectivity index (χ3v) is 3.58. The van der Waals surface area contributed by atoms with Crippen molar-refractivity contribution in [1.29, 1.82) is 0 Å². The molecule has 3 rings (SSSR count). The molecule has 7 heteroatoms. The van der Waals surface area contributed by atoms with Crippen LogP contribution in [0.2, 0.25) is 0 Å². The summed E-state index contributed by atoms with van der Waals surface area (Å²) in [6.07, 6.45) is 0. The van der Waals surface area contributed by atoms with E-state index in [1.165, 1.54) is 4.90 Å². The maximum absolute atomic E-state index is 12.5. The summed E-state index contributed by atoms with van der Waals surface area (Å²) >= 11 is 0. The van der Waals surface area contributed by atoms with Gasteiger partial charge in [-0.05, 0) is 12.5 Å². The lowest BCUT2D eigenvalue weighted by Gasteiger charge is -2.34. The minimum Gasteiger partial charge on any atom is -0.369 e. The monoisotopic (exact) mass is 315 g/mol. The van der Waals surface area contributed by atoms with Crippen LogP contribution >= 0.6 is 0 Å². The minimum atomic E-state index is -0.700. The van der Waals surface area contributed by atoms with Gasteiger partial charge < -0.3 is 19.5 Å². The first-order chi connectivity index (χ1) is 11.1. The highest BCUT2D eigenvalue weighted by Gasteiger charge is 2.34. The highest BCUT2D eigenvalue weighted by molar-refractivity contribution is 5.97. The van der Waals surface area contributed by atoms with Gasteiger partial charge in [0.25, 0.3) is 5.91 Å². The van der Waals surface area contributed by atoms with Gasteiger partial charge in [0.05, 0.1) is 6.61 Å². The van der Waals surface area contributed by atoms with Crippen molar-refractivity contribution in [3.63, 3.8) is 0 Å². The number of hydrogen-bond donors (Lipinski definition) is 1. The summed E-state index contributed by atoms with van der Waals surface area (Å²) in [5.74, 6) is 0.362. The average Bonchev–Trinajstić information content (AvgIpc) is 2.95. The normalized spacial score (nSPS) is 18.0. The van der Waals surface area contributed by atoms with Gasteiger partial charge in [-0.1, -0.05) is 35.5 Å². The van der Waals surface area contributed by atoms with Crippen LogP contribution in [0, 0.1) is 6.92 Å². The third kappa shape index (κ3) is 3.57. The van der Waals surface area contributed by atoms with Gasteiger partial charge in [0, 0.05) is 12.6 Å². The third-order valence-electron chi connectivity index (χ3n) is 3.58. The summed E-state index contributed by atoms with van der Waals surface area (Å²) in [7, 11) is 0. The zero-order valence-electron chi connectivity index (χ0n) is 12.7. The molecule has 0 aliphatic carbocycles. The molecule has 2 amide bonds. The number of rotatable bonds is 4. The van der Waals surface area contributed by atoms with Gasteiger partial charge in [-0.2, -0.15) is 0 Å². The van der Waals surface area contributed by atoms with Crippen LogP contribution in [0.5, 0.6) is 0 Å². The fourth-order valence-electron chi connectivity index (χ4n) is 2.44. The number of ether oxygens (including phenoxy) is 1. The van der Waals surface area contributed by atoms with Crippen LogP contribution in [0.4, 0.5) is 5.82 Å². The van der Waals surface area contributed by atoms with Gasteiger partial charge in [0.15, 0.2) is 5.82 Å².